The lowest BCUT2D eigenvalue weighted by molar-refractivity contribution is 0.669. The molecule has 0 N–H and O–H groups in total. The van der Waals surface area contributed by atoms with Crippen LogP contribution < -0.4 is 4.90 Å². The molecule has 2 heterocycles. The van der Waals surface area contributed by atoms with Crippen LogP contribution in [0.4, 0.5) is 17.1 Å². The number of hydrogen-bond acceptors (Lipinski definition) is 3. The van der Waals surface area contributed by atoms with E-state index in [-0.39, 0.29) is 0 Å². The molecule has 0 fully saturated rings. The Bertz CT molecular complexity index is 2860. The lowest BCUT2D eigenvalue weighted by Gasteiger charge is -2.28. The van der Waals surface area contributed by atoms with Crippen LogP contribution in [0.1, 0.15) is 0 Å². The predicted octanol–water partition coefficient (Wildman–Crippen LogP) is 13.4. The second-order valence-electron chi connectivity index (χ2n) is 12.5. The Morgan fingerprint density at radius 2 is 0.918 bits per heavy atom. The van der Waals surface area contributed by atoms with Crippen LogP contribution in [0.3, 0.4) is 0 Å². The van der Waals surface area contributed by atoms with Gasteiger partial charge in [-0.25, -0.2) is 0 Å². The lowest BCUT2D eigenvalue weighted by Crippen LogP contribution is -2.11. The number of benzene rings is 8. The molecule has 0 saturated heterocycles. The van der Waals surface area contributed by atoms with Gasteiger partial charge in [0.25, 0.3) is 0 Å². The minimum atomic E-state index is 0.844. The van der Waals surface area contributed by atoms with E-state index in [1.807, 2.05) is 24.3 Å². The first-order valence-electron chi connectivity index (χ1n) is 16.6. The van der Waals surface area contributed by atoms with E-state index in [0.29, 0.717) is 0 Å². The average molecular weight is 628 g/mol. The molecular weight excluding hydrogens is 599 g/mol. The highest BCUT2D eigenvalue weighted by Crippen LogP contribution is 2.47. The summed E-state index contributed by atoms with van der Waals surface area (Å²) in [5, 5.41) is 6.86. The van der Waals surface area contributed by atoms with Gasteiger partial charge in [-0.1, -0.05) is 133 Å². The number of fused-ring (bicyclic) bond motifs is 7. The number of furan rings is 2. The second kappa shape index (κ2) is 11.0. The molecule has 2 aromatic heterocycles. The normalized spacial score (nSPS) is 11.7. The lowest BCUT2D eigenvalue weighted by atomic mass is 9.98. The van der Waals surface area contributed by atoms with Crippen molar-refractivity contribution in [2.45, 2.75) is 0 Å². The molecule has 10 rings (SSSR count). The maximum atomic E-state index is 6.67. The molecule has 0 spiro atoms. The Hall–Kier alpha value is -6.58. The van der Waals surface area contributed by atoms with Gasteiger partial charge in [0.2, 0.25) is 0 Å². The van der Waals surface area contributed by atoms with E-state index in [2.05, 4.69) is 157 Å². The standard InChI is InChI=1S/C46H29NO2/c1-2-13-31-28-33(27-26-30(31)12-1)32-14-9-15-34(29-32)47(42-23-11-21-40-37-18-5-8-25-44(37)49-46(40)42)41-22-6-3-16-35(41)38-19-10-20-39-36-17-4-7-24-43(36)48-45(38)39/h1-29H. The van der Waals surface area contributed by atoms with Crippen molar-refractivity contribution in [3.63, 3.8) is 0 Å². The number of hydrogen-bond donors (Lipinski definition) is 0. The molecule has 0 atom stereocenters. The Labute approximate surface area is 282 Å². The van der Waals surface area contributed by atoms with Crippen LogP contribution in [0.25, 0.3) is 76.9 Å². The molecule has 0 aliphatic carbocycles. The number of rotatable bonds is 5. The topological polar surface area (TPSA) is 29.5 Å². The van der Waals surface area contributed by atoms with Crippen molar-refractivity contribution in [2.24, 2.45) is 0 Å². The summed E-state index contributed by atoms with van der Waals surface area (Å²) < 4.78 is 13.2. The minimum Gasteiger partial charge on any atom is -0.455 e. The number of nitrogens with zero attached hydrogens (tertiary/aromatic N) is 1. The predicted molar refractivity (Wildman–Crippen MR) is 204 cm³/mol. The summed E-state index contributed by atoms with van der Waals surface area (Å²) in [4.78, 5) is 2.34. The van der Waals surface area contributed by atoms with Crippen molar-refractivity contribution < 1.29 is 8.83 Å². The fourth-order valence-electron chi connectivity index (χ4n) is 7.37. The molecule has 0 aliphatic heterocycles. The molecule has 49 heavy (non-hydrogen) atoms. The summed E-state index contributed by atoms with van der Waals surface area (Å²) in [5.74, 6) is 0. The highest BCUT2D eigenvalue weighted by Gasteiger charge is 2.23. The van der Waals surface area contributed by atoms with Gasteiger partial charge in [0.1, 0.15) is 16.7 Å². The van der Waals surface area contributed by atoms with E-state index < -0.39 is 0 Å². The molecule has 3 heteroatoms. The van der Waals surface area contributed by atoms with E-state index in [0.717, 1.165) is 77.6 Å². The van der Waals surface area contributed by atoms with Crippen molar-refractivity contribution in [1.29, 1.82) is 0 Å². The highest BCUT2D eigenvalue weighted by atomic mass is 16.3. The zero-order valence-electron chi connectivity index (χ0n) is 26.5. The summed E-state index contributed by atoms with van der Waals surface area (Å²) in [6.45, 7) is 0. The van der Waals surface area contributed by atoms with Gasteiger partial charge in [0, 0.05) is 38.4 Å². The molecule has 10 aromatic rings. The highest BCUT2D eigenvalue weighted by molar-refractivity contribution is 6.13. The summed E-state index contributed by atoms with van der Waals surface area (Å²) in [6.07, 6.45) is 0. The van der Waals surface area contributed by atoms with E-state index in [1.165, 1.54) is 16.3 Å². The molecule has 230 valence electrons. The maximum Gasteiger partial charge on any atom is 0.159 e. The van der Waals surface area contributed by atoms with Crippen LogP contribution in [0.15, 0.2) is 185 Å². The average Bonchev–Trinajstić information content (AvgIpc) is 3.74. The summed E-state index contributed by atoms with van der Waals surface area (Å²) in [5.41, 5.74) is 10.9. The van der Waals surface area contributed by atoms with E-state index >= 15 is 0 Å². The Balaban J connectivity index is 1.24. The molecule has 3 nitrogen and oxygen atoms in total. The fraction of sp³-hybridized carbons (Fsp3) is 0. The SMILES string of the molecule is c1cc(-c2ccc3ccccc3c2)cc(N(c2ccccc2-c2cccc3c2oc2ccccc23)c2cccc3c2oc2ccccc23)c1. The van der Waals surface area contributed by atoms with Crippen LogP contribution in [0.5, 0.6) is 0 Å². The van der Waals surface area contributed by atoms with Gasteiger partial charge in [-0.2, -0.15) is 0 Å². The van der Waals surface area contributed by atoms with Crippen molar-refractivity contribution in [1.82, 2.24) is 0 Å². The first-order chi connectivity index (χ1) is 24.3. The van der Waals surface area contributed by atoms with Gasteiger partial charge in [0.15, 0.2) is 5.58 Å². The number of para-hydroxylation sites is 5. The zero-order chi connectivity index (χ0) is 32.3. The van der Waals surface area contributed by atoms with Gasteiger partial charge in [-0.05, 0) is 64.4 Å². The van der Waals surface area contributed by atoms with Gasteiger partial charge in [-0.15, -0.1) is 0 Å². The van der Waals surface area contributed by atoms with Crippen LogP contribution in [0.2, 0.25) is 0 Å². The van der Waals surface area contributed by atoms with Crippen LogP contribution in [-0.4, -0.2) is 0 Å². The molecular formula is C46H29NO2. The third-order valence-corrected chi connectivity index (χ3v) is 9.65. The Morgan fingerprint density at radius 1 is 0.347 bits per heavy atom. The Kier molecular flexibility index (Phi) is 6.18. The first-order valence-corrected chi connectivity index (χ1v) is 16.6. The van der Waals surface area contributed by atoms with E-state index in [9.17, 15) is 0 Å². The van der Waals surface area contributed by atoms with Crippen molar-refractivity contribution >= 4 is 71.7 Å². The maximum absolute atomic E-state index is 6.67. The molecule has 0 radical (unpaired) electrons. The molecule has 8 aromatic carbocycles. The minimum absolute atomic E-state index is 0.844. The van der Waals surface area contributed by atoms with Gasteiger partial charge in [-0.3, -0.25) is 0 Å². The second-order valence-corrected chi connectivity index (χ2v) is 12.5. The molecule has 0 aliphatic rings. The summed E-state index contributed by atoms with van der Waals surface area (Å²) >= 11 is 0. The van der Waals surface area contributed by atoms with Crippen LogP contribution in [-0.2, 0) is 0 Å². The molecule has 0 amide bonds. The van der Waals surface area contributed by atoms with Crippen molar-refractivity contribution in [2.75, 3.05) is 4.90 Å². The largest absolute Gasteiger partial charge is 0.455 e. The van der Waals surface area contributed by atoms with Crippen LogP contribution in [0, 0.1) is 0 Å². The first kappa shape index (κ1) is 27.5. The third kappa shape index (κ3) is 4.44. The summed E-state index contributed by atoms with van der Waals surface area (Å²) in [6, 6.07) is 62.0. The zero-order valence-corrected chi connectivity index (χ0v) is 26.5. The number of anilines is 3. The van der Waals surface area contributed by atoms with E-state index in [4.69, 9.17) is 8.83 Å². The quantitative estimate of drug-likeness (QED) is 0.190. The van der Waals surface area contributed by atoms with Crippen molar-refractivity contribution in [3.05, 3.63) is 176 Å². The van der Waals surface area contributed by atoms with Gasteiger partial charge < -0.3 is 13.7 Å². The monoisotopic (exact) mass is 627 g/mol. The van der Waals surface area contributed by atoms with E-state index in [1.54, 1.807) is 0 Å². The third-order valence-electron chi connectivity index (χ3n) is 9.65. The van der Waals surface area contributed by atoms with Crippen LogP contribution >= 0.6 is 0 Å². The molecule has 0 bridgehead atoms. The molecule has 0 unspecified atom stereocenters. The molecule has 0 saturated carbocycles. The van der Waals surface area contributed by atoms with Gasteiger partial charge in [0.05, 0.1) is 11.4 Å². The summed E-state index contributed by atoms with van der Waals surface area (Å²) in [7, 11) is 0. The smallest absolute Gasteiger partial charge is 0.159 e. The van der Waals surface area contributed by atoms with Gasteiger partial charge >= 0.3 is 0 Å². The van der Waals surface area contributed by atoms with Crippen molar-refractivity contribution in [3.8, 4) is 22.3 Å². The fourth-order valence-corrected chi connectivity index (χ4v) is 7.37. The Morgan fingerprint density at radius 3 is 1.76 bits per heavy atom.